The van der Waals surface area contributed by atoms with Crippen LogP contribution in [0.25, 0.3) is 21.9 Å². The predicted molar refractivity (Wildman–Crippen MR) is 114 cm³/mol. The summed E-state index contributed by atoms with van der Waals surface area (Å²) in [5.41, 5.74) is -0.208. The van der Waals surface area contributed by atoms with Crippen LogP contribution in [0.4, 0.5) is 0 Å². The molecule has 3 heterocycles. The summed E-state index contributed by atoms with van der Waals surface area (Å²) < 4.78 is 21.3. The summed E-state index contributed by atoms with van der Waals surface area (Å²) in [6.45, 7) is 0.139. The molecule has 158 valence electrons. The lowest BCUT2D eigenvalue weighted by Crippen LogP contribution is -2.27. The van der Waals surface area contributed by atoms with Crippen molar-refractivity contribution in [2.45, 2.75) is 6.54 Å². The Morgan fingerprint density at radius 2 is 1.72 bits per heavy atom. The molecule has 0 saturated heterocycles. The maximum absolute atomic E-state index is 12.4. The van der Waals surface area contributed by atoms with Crippen molar-refractivity contribution in [3.05, 3.63) is 100 Å². The quantitative estimate of drug-likeness (QED) is 0.252. The van der Waals surface area contributed by atoms with Crippen LogP contribution >= 0.6 is 0 Å². The van der Waals surface area contributed by atoms with E-state index in [0.29, 0.717) is 16.7 Å². The van der Waals surface area contributed by atoms with Crippen LogP contribution in [-0.2, 0) is 6.54 Å². The number of hydrogen-bond donors (Lipinski definition) is 1. The molecule has 1 N–H and O–H groups in total. The Morgan fingerprint density at radius 3 is 2.53 bits per heavy atom. The molecule has 5 rings (SSSR count). The molecule has 0 atom stereocenters. The van der Waals surface area contributed by atoms with Crippen LogP contribution in [0, 0.1) is 0 Å². The molecular weight excluding hydrogens is 414 g/mol. The van der Waals surface area contributed by atoms with E-state index in [1.54, 1.807) is 36.4 Å². The van der Waals surface area contributed by atoms with Crippen LogP contribution in [0.3, 0.4) is 0 Å². The van der Waals surface area contributed by atoms with Crippen LogP contribution in [0.1, 0.15) is 26.7 Å². The highest BCUT2D eigenvalue weighted by Crippen LogP contribution is 2.24. The zero-order valence-electron chi connectivity index (χ0n) is 16.5. The molecule has 32 heavy (non-hydrogen) atoms. The largest absolute Gasteiger partial charge is 0.467 e. The van der Waals surface area contributed by atoms with E-state index < -0.39 is 17.5 Å². The van der Waals surface area contributed by atoms with E-state index in [1.807, 2.05) is 12.1 Å². The number of fused-ring (bicyclic) bond motifs is 2. The van der Waals surface area contributed by atoms with Crippen LogP contribution in [-0.4, -0.2) is 11.9 Å². The summed E-state index contributed by atoms with van der Waals surface area (Å²) in [7, 11) is 0. The van der Waals surface area contributed by atoms with Gasteiger partial charge in [0.15, 0.2) is 0 Å². The molecule has 0 spiro atoms. The Labute approximate surface area is 180 Å². The van der Waals surface area contributed by atoms with E-state index in [2.05, 4.69) is 5.32 Å². The molecule has 0 radical (unpaired) electrons. The van der Waals surface area contributed by atoms with E-state index in [1.165, 1.54) is 24.5 Å². The molecule has 5 aromatic rings. The first-order chi connectivity index (χ1) is 15.6. The van der Waals surface area contributed by atoms with Gasteiger partial charge in [-0.15, -0.1) is 0 Å². The second-order valence-corrected chi connectivity index (χ2v) is 6.95. The van der Waals surface area contributed by atoms with E-state index >= 15 is 0 Å². The van der Waals surface area contributed by atoms with Gasteiger partial charge in [0.05, 0.1) is 12.8 Å². The van der Waals surface area contributed by atoms with Crippen molar-refractivity contribution >= 4 is 33.8 Å². The molecule has 2 aromatic carbocycles. The van der Waals surface area contributed by atoms with Crippen molar-refractivity contribution < 1.29 is 27.6 Å². The number of carbonyl (C=O) groups is 2. The molecule has 0 aliphatic heterocycles. The van der Waals surface area contributed by atoms with Crippen LogP contribution < -0.4 is 15.7 Å². The first-order valence-corrected chi connectivity index (χ1v) is 9.66. The van der Waals surface area contributed by atoms with Crippen LogP contribution in [0.2, 0.25) is 0 Å². The number of esters is 1. The summed E-state index contributed by atoms with van der Waals surface area (Å²) >= 11 is 0. The maximum Gasteiger partial charge on any atom is 0.379 e. The summed E-state index contributed by atoms with van der Waals surface area (Å²) in [5, 5.41) is 3.88. The maximum atomic E-state index is 12.4. The number of furan rings is 2. The van der Waals surface area contributed by atoms with Gasteiger partial charge in [0.25, 0.3) is 5.91 Å². The lowest BCUT2D eigenvalue weighted by molar-refractivity contribution is 0.0704. The van der Waals surface area contributed by atoms with Crippen molar-refractivity contribution in [3.63, 3.8) is 0 Å². The van der Waals surface area contributed by atoms with Gasteiger partial charge in [-0.1, -0.05) is 18.2 Å². The number of carbonyl (C=O) groups excluding carboxylic acids is 2. The summed E-state index contributed by atoms with van der Waals surface area (Å²) in [6.07, 6.45) is 1.49. The monoisotopic (exact) mass is 429 g/mol. The van der Waals surface area contributed by atoms with Crippen molar-refractivity contribution in [2.24, 2.45) is 0 Å². The number of ether oxygens (including phenoxy) is 1. The van der Waals surface area contributed by atoms with Gasteiger partial charge in [0.2, 0.25) is 5.76 Å². The fourth-order valence-electron chi connectivity index (χ4n) is 3.23. The first-order valence-electron chi connectivity index (χ1n) is 9.66. The van der Waals surface area contributed by atoms with Gasteiger partial charge in [0.1, 0.15) is 28.2 Å². The fourth-order valence-corrected chi connectivity index (χ4v) is 3.23. The minimum absolute atomic E-state index is 0.0522. The van der Waals surface area contributed by atoms with Crippen molar-refractivity contribution in [1.82, 2.24) is 5.32 Å². The van der Waals surface area contributed by atoms with Crippen molar-refractivity contribution in [1.29, 1.82) is 0 Å². The highest BCUT2D eigenvalue weighted by atomic mass is 16.5. The summed E-state index contributed by atoms with van der Waals surface area (Å²) in [6, 6.07) is 18.2. The Bertz CT molecular complexity index is 1480. The average Bonchev–Trinajstić information content (AvgIpc) is 3.46. The Balaban J connectivity index is 1.35. The molecule has 0 aliphatic rings. The molecule has 0 bridgehead atoms. The van der Waals surface area contributed by atoms with E-state index in [4.69, 9.17) is 18.0 Å². The number of amides is 1. The normalized spacial score (nSPS) is 11.0. The Kier molecular flexibility index (Phi) is 4.79. The van der Waals surface area contributed by atoms with Crippen LogP contribution in [0.15, 0.2) is 91.0 Å². The Hall–Kier alpha value is -4.59. The lowest BCUT2D eigenvalue weighted by atomic mass is 10.1. The molecule has 0 unspecified atom stereocenters. The van der Waals surface area contributed by atoms with Gasteiger partial charge in [-0.25, -0.2) is 9.59 Å². The third-order valence-corrected chi connectivity index (χ3v) is 4.79. The standard InChI is InChI=1S/C24H15NO7/c26-22(25-13-17-5-3-9-29-17)18-10-15-7-8-16(12-20(15)32-23(18)27)30-24(28)21-11-14-4-1-2-6-19(14)31-21/h1-12H,13H2,(H,25,26). The minimum Gasteiger partial charge on any atom is -0.467 e. The second-order valence-electron chi connectivity index (χ2n) is 6.95. The van der Waals surface area contributed by atoms with Gasteiger partial charge in [-0.2, -0.15) is 0 Å². The number of nitrogens with one attached hydrogen (secondary N) is 1. The second kappa shape index (κ2) is 7.92. The topological polar surface area (TPSA) is 112 Å². The van der Waals surface area contributed by atoms with Gasteiger partial charge in [-0.3, -0.25) is 4.79 Å². The molecule has 1 amide bonds. The third-order valence-electron chi connectivity index (χ3n) is 4.79. The number of benzene rings is 2. The van der Waals surface area contributed by atoms with E-state index in [9.17, 15) is 14.4 Å². The Morgan fingerprint density at radius 1 is 0.875 bits per heavy atom. The first kappa shape index (κ1) is 19.4. The number of hydrogen-bond acceptors (Lipinski definition) is 7. The number of rotatable bonds is 5. The van der Waals surface area contributed by atoms with Gasteiger partial charge < -0.3 is 23.3 Å². The molecular formula is C24H15NO7. The molecule has 8 nitrogen and oxygen atoms in total. The lowest BCUT2D eigenvalue weighted by Gasteiger charge is -2.06. The molecule has 8 heteroatoms. The zero-order chi connectivity index (χ0) is 22.1. The SMILES string of the molecule is O=C(Oc1ccc2cc(C(=O)NCc3ccco3)c(=O)oc2c1)c1cc2ccccc2o1. The van der Waals surface area contributed by atoms with Crippen molar-refractivity contribution in [3.8, 4) is 5.75 Å². The zero-order valence-corrected chi connectivity index (χ0v) is 16.5. The molecule has 0 saturated carbocycles. The van der Waals surface area contributed by atoms with E-state index in [-0.39, 0.29) is 29.2 Å². The fraction of sp³-hybridized carbons (Fsp3) is 0.0417. The minimum atomic E-state index is -0.810. The summed E-state index contributed by atoms with van der Waals surface area (Å²) in [4.78, 5) is 37.1. The molecule has 0 aliphatic carbocycles. The summed E-state index contributed by atoms with van der Waals surface area (Å²) in [5.74, 6) is -0.494. The van der Waals surface area contributed by atoms with Crippen molar-refractivity contribution in [2.75, 3.05) is 0 Å². The van der Waals surface area contributed by atoms with E-state index in [0.717, 1.165) is 5.39 Å². The highest BCUT2D eigenvalue weighted by Gasteiger charge is 2.17. The van der Waals surface area contributed by atoms with Gasteiger partial charge >= 0.3 is 11.6 Å². The predicted octanol–water partition coefficient (Wildman–Crippen LogP) is 4.28. The highest BCUT2D eigenvalue weighted by molar-refractivity contribution is 5.97. The molecule has 0 fully saturated rings. The molecule has 3 aromatic heterocycles. The number of para-hydroxylation sites is 1. The smallest absolute Gasteiger partial charge is 0.379 e. The van der Waals surface area contributed by atoms with Gasteiger partial charge in [0, 0.05) is 16.8 Å². The average molecular weight is 429 g/mol. The van der Waals surface area contributed by atoms with Gasteiger partial charge in [-0.05, 0) is 42.5 Å². The van der Waals surface area contributed by atoms with Crippen LogP contribution in [0.5, 0.6) is 5.75 Å². The third kappa shape index (κ3) is 3.77.